The van der Waals surface area contributed by atoms with E-state index in [1.165, 1.54) is 45.6 Å². The minimum absolute atomic E-state index is 0. The lowest BCUT2D eigenvalue weighted by molar-refractivity contribution is 0.107. The summed E-state index contributed by atoms with van der Waals surface area (Å²) in [7, 11) is 1.84. The fourth-order valence-electron chi connectivity index (χ4n) is 3.03. The molecule has 1 saturated heterocycles. The van der Waals surface area contributed by atoms with Gasteiger partial charge >= 0.3 is 0 Å². The molecule has 0 aromatic heterocycles. The number of hydrogen-bond donors (Lipinski definition) is 2. The van der Waals surface area contributed by atoms with Crippen LogP contribution in [0.3, 0.4) is 0 Å². The monoisotopic (exact) mass is 467 g/mol. The van der Waals surface area contributed by atoms with Gasteiger partial charge in [0.05, 0.1) is 0 Å². The van der Waals surface area contributed by atoms with Crippen molar-refractivity contribution in [3.05, 3.63) is 0 Å². The molecule has 0 bridgehead atoms. The number of ether oxygens (including phenoxy) is 1. The standard InChI is InChI=1S/C18H37N5O.HI/c1-4-22-9-11-23(12-10-22)16(2)14-21-18(19-3)20-8-5-13-24-15-17-6-7-17;/h16-17H,4-15H2,1-3H3,(H2,19,20,21);1H. The molecule has 0 aromatic rings. The van der Waals surface area contributed by atoms with Crippen LogP contribution in [0.15, 0.2) is 4.99 Å². The molecule has 1 atom stereocenters. The molecule has 2 rings (SSSR count). The lowest BCUT2D eigenvalue weighted by Crippen LogP contribution is -2.53. The molecule has 25 heavy (non-hydrogen) atoms. The number of nitrogens with one attached hydrogen (secondary N) is 2. The smallest absolute Gasteiger partial charge is 0.191 e. The molecule has 0 spiro atoms. The normalized spacial score (nSPS) is 20.8. The van der Waals surface area contributed by atoms with Gasteiger partial charge in [-0.1, -0.05) is 6.92 Å². The summed E-state index contributed by atoms with van der Waals surface area (Å²) in [5.41, 5.74) is 0. The van der Waals surface area contributed by atoms with Crippen molar-refractivity contribution in [1.82, 2.24) is 20.4 Å². The third kappa shape index (κ3) is 9.40. The van der Waals surface area contributed by atoms with Gasteiger partial charge < -0.3 is 20.3 Å². The highest BCUT2D eigenvalue weighted by Crippen LogP contribution is 2.28. The van der Waals surface area contributed by atoms with Crippen LogP contribution < -0.4 is 10.6 Å². The molecule has 1 unspecified atom stereocenters. The lowest BCUT2D eigenvalue weighted by atomic mass is 10.2. The van der Waals surface area contributed by atoms with Crippen molar-refractivity contribution in [2.75, 3.05) is 66.1 Å². The summed E-state index contributed by atoms with van der Waals surface area (Å²) in [6.45, 7) is 14.1. The summed E-state index contributed by atoms with van der Waals surface area (Å²) < 4.78 is 5.66. The fraction of sp³-hybridized carbons (Fsp3) is 0.944. The van der Waals surface area contributed by atoms with Gasteiger partial charge in [0, 0.05) is 65.6 Å². The highest BCUT2D eigenvalue weighted by Gasteiger charge is 2.21. The minimum atomic E-state index is 0. The lowest BCUT2D eigenvalue weighted by Gasteiger charge is -2.37. The van der Waals surface area contributed by atoms with Gasteiger partial charge in [0.15, 0.2) is 5.96 Å². The third-order valence-electron chi connectivity index (χ3n) is 5.07. The molecule has 148 valence electrons. The van der Waals surface area contributed by atoms with Gasteiger partial charge in [-0.05, 0) is 38.6 Å². The van der Waals surface area contributed by atoms with Crippen molar-refractivity contribution < 1.29 is 4.74 Å². The van der Waals surface area contributed by atoms with Crippen LogP contribution in [0.2, 0.25) is 0 Å². The predicted octanol–water partition coefficient (Wildman–Crippen LogP) is 1.61. The molecule has 1 saturated carbocycles. The van der Waals surface area contributed by atoms with Gasteiger partial charge in [-0.2, -0.15) is 0 Å². The number of likely N-dealkylation sites (N-methyl/N-ethyl adjacent to an activating group) is 1. The van der Waals surface area contributed by atoms with E-state index in [9.17, 15) is 0 Å². The van der Waals surface area contributed by atoms with Crippen LogP contribution in [-0.2, 0) is 4.74 Å². The summed E-state index contributed by atoms with van der Waals surface area (Å²) in [4.78, 5) is 9.40. The van der Waals surface area contributed by atoms with E-state index >= 15 is 0 Å². The SMILES string of the molecule is CCN1CCN(C(C)CNC(=NC)NCCCOCC2CC2)CC1.I. The molecule has 0 radical (unpaired) electrons. The zero-order valence-electron chi connectivity index (χ0n) is 16.3. The zero-order chi connectivity index (χ0) is 17.2. The second-order valence-corrected chi connectivity index (χ2v) is 7.07. The fourth-order valence-corrected chi connectivity index (χ4v) is 3.03. The maximum absolute atomic E-state index is 5.66. The van der Waals surface area contributed by atoms with Crippen molar-refractivity contribution >= 4 is 29.9 Å². The molecule has 7 heteroatoms. The summed E-state index contributed by atoms with van der Waals surface area (Å²) >= 11 is 0. The van der Waals surface area contributed by atoms with Crippen LogP contribution in [0.1, 0.15) is 33.1 Å². The average Bonchev–Trinajstić information content (AvgIpc) is 3.44. The molecule has 0 amide bonds. The van der Waals surface area contributed by atoms with Gasteiger partial charge in [-0.25, -0.2) is 0 Å². The Bertz CT molecular complexity index is 370. The van der Waals surface area contributed by atoms with Crippen LogP contribution in [-0.4, -0.2) is 87.9 Å². The molecular weight excluding hydrogens is 429 g/mol. The molecule has 2 aliphatic rings. The molecule has 2 fully saturated rings. The van der Waals surface area contributed by atoms with Gasteiger partial charge in [-0.3, -0.25) is 9.89 Å². The summed E-state index contributed by atoms with van der Waals surface area (Å²) in [5, 5.41) is 6.83. The molecule has 1 heterocycles. The number of aliphatic imine (C=N–C) groups is 1. The van der Waals surface area contributed by atoms with E-state index in [-0.39, 0.29) is 24.0 Å². The van der Waals surface area contributed by atoms with Crippen molar-refractivity contribution in [1.29, 1.82) is 0 Å². The van der Waals surface area contributed by atoms with E-state index in [1.807, 2.05) is 7.05 Å². The largest absolute Gasteiger partial charge is 0.381 e. The molecule has 1 aliphatic heterocycles. The Hall–Kier alpha value is -0.120. The first-order valence-electron chi connectivity index (χ1n) is 9.71. The van der Waals surface area contributed by atoms with Crippen molar-refractivity contribution in [2.24, 2.45) is 10.9 Å². The van der Waals surface area contributed by atoms with Gasteiger partial charge in [0.25, 0.3) is 0 Å². The van der Waals surface area contributed by atoms with Gasteiger partial charge in [0.2, 0.25) is 0 Å². The van der Waals surface area contributed by atoms with Crippen molar-refractivity contribution in [3.8, 4) is 0 Å². The third-order valence-corrected chi connectivity index (χ3v) is 5.07. The first-order chi connectivity index (χ1) is 11.7. The molecule has 6 nitrogen and oxygen atoms in total. The Kier molecular flexibility index (Phi) is 12.0. The Labute approximate surface area is 171 Å². The highest BCUT2D eigenvalue weighted by molar-refractivity contribution is 14.0. The number of nitrogens with zero attached hydrogens (tertiary/aromatic N) is 3. The van der Waals surface area contributed by atoms with Gasteiger partial charge in [0.1, 0.15) is 0 Å². The second-order valence-electron chi connectivity index (χ2n) is 7.07. The van der Waals surface area contributed by atoms with Crippen molar-refractivity contribution in [2.45, 2.75) is 39.2 Å². The summed E-state index contributed by atoms with van der Waals surface area (Å²) in [6.07, 6.45) is 3.75. The maximum atomic E-state index is 5.66. The van der Waals surface area contributed by atoms with E-state index < -0.39 is 0 Å². The number of guanidine groups is 1. The van der Waals surface area contributed by atoms with Crippen LogP contribution >= 0.6 is 24.0 Å². The quantitative estimate of drug-likeness (QED) is 0.221. The number of hydrogen-bond acceptors (Lipinski definition) is 4. The van der Waals surface area contributed by atoms with Crippen LogP contribution in [0.4, 0.5) is 0 Å². The Morgan fingerprint density at radius 2 is 1.92 bits per heavy atom. The number of rotatable bonds is 10. The number of piperazine rings is 1. The minimum Gasteiger partial charge on any atom is -0.381 e. The van der Waals surface area contributed by atoms with Crippen molar-refractivity contribution in [3.63, 3.8) is 0 Å². The van der Waals surface area contributed by atoms with E-state index in [0.29, 0.717) is 6.04 Å². The zero-order valence-corrected chi connectivity index (χ0v) is 18.6. The van der Waals surface area contributed by atoms with Crippen LogP contribution in [0.5, 0.6) is 0 Å². The van der Waals surface area contributed by atoms with E-state index in [0.717, 1.165) is 44.6 Å². The number of halogens is 1. The summed E-state index contributed by atoms with van der Waals surface area (Å²) in [6, 6.07) is 0.532. The maximum Gasteiger partial charge on any atom is 0.191 e. The second kappa shape index (κ2) is 13.1. The topological polar surface area (TPSA) is 52.1 Å². The molecular formula is C18H38IN5O. The van der Waals surface area contributed by atoms with E-state index in [1.54, 1.807) is 0 Å². The van der Waals surface area contributed by atoms with Crippen LogP contribution in [0.25, 0.3) is 0 Å². The Morgan fingerprint density at radius 3 is 2.52 bits per heavy atom. The van der Waals surface area contributed by atoms with Gasteiger partial charge in [-0.15, -0.1) is 24.0 Å². The average molecular weight is 467 g/mol. The molecule has 1 aliphatic carbocycles. The van der Waals surface area contributed by atoms with E-state index in [4.69, 9.17) is 4.74 Å². The first-order valence-corrected chi connectivity index (χ1v) is 9.71. The highest BCUT2D eigenvalue weighted by atomic mass is 127. The summed E-state index contributed by atoms with van der Waals surface area (Å²) in [5.74, 6) is 1.75. The van der Waals surface area contributed by atoms with E-state index in [2.05, 4.69) is 39.3 Å². The first kappa shape index (κ1) is 22.9. The molecule has 2 N–H and O–H groups in total. The van der Waals surface area contributed by atoms with Crippen LogP contribution in [0, 0.1) is 5.92 Å². The Morgan fingerprint density at radius 1 is 1.20 bits per heavy atom. The predicted molar refractivity (Wildman–Crippen MR) is 116 cm³/mol. The molecule has 0 aromatic carbocycles. The Balaban J connectivity index is 0.00000312.